The fraction of sp³-hybridized carbons (Fsp3) is 0.872. The first-order valence-corrected chi connectivity index (χ1v) is 18.9. The Bertz CT molecular complexity index is 996. The predicted octanol–water partition coefficient (Wildman–Crippen LogP) is 8.84. The molecule has 3 saturated carbocycles. The van der Waals surface area contributed by atoms with E-state index >= 15 is 0 Å². The van der Waals surface area contributed by atoms with Crippen LogP contribution in [-0.4, -0.2) is 49.9 Å². The minimum atomic E-state index is -0.510. The van der Waals surface area contributed by atoms with Crippen LogP contribution in [-0.2, 0) is 9.47 Å². The van der Waals surface area contributed by atoms with Gasteiger partial charge in [-0.2, -0.15) is 0 Å². The molecule has 0 radical (unpaired) electrons. The number of unbranched alkanes of at least 4 members (excludes halogenated alkanes) is 1. The summed E-state index contributed by atoms with van der Waals surface area (Å²) in [6.45, 7) is 19.9. The van der Waals surface area contributed by atoms with E-state index in [0.717, 1.165) is 99.2 Å². The molecular formula is C39H69N3O3. The van der Waals surface area contributed by atoms with E-state index < -0.39 is 6.16 Å². The zero-order valence-electron chi connectivity index (χ0n) is 29.8. The van der Waals surface area contributed by atoms with Crippen LogP contribution < -0.4 is 11.5 Å². The van der Waals surface area contributed by atoms with Gasteiger partial charge in [-0.05, 0) is 137 Å². The number of nitrogens with zero attached hydrogens (tertiary/aromatic N) is 1. The number of hydrogen-bond donors (Lipinski definition) is 2. The zero-order chi connectivity index (χ0) is 32.6. The van der Waals surface area contributed by atoms with E-state index in [-0.39, 0.29) is 11.5 Å². The summed E-state index contributed by atoms with van der Waals surface area (Å²) in [5.41, 5.74) is 14.5. The minimum absolute atomic E-state index is 0.0671. The Morgan fingerprint density at radius 1 is 1.00 bits per heavy atom. The molecule has 0 aromatic heterocycles. The normalized spacial score (nSPS) is 33.2. The summed E-state index contributed by atoms with van der Waals surface area (Å²) >= 11 is 0. The number of allylic oxidation sites excluding steroid dienone is 2. The summed E-state index contributed by atoms with van der Waals surface area (Å²) in [6, 6.07) is 0. The largest absolute Gasteiger partial charge is 0.508 e. The molecule has 0 aromatic carbocycles. The van der Waals surface area contributed by atoms with Crippen LogP contribution in [0, 0.1) is 46.3 Å². The van der Waals surface area contributed by atoms with E-state index in [0.29, 0.717) is 25.1 Å². The van der Waals surface area contributed by atoms with Gasteiger partial charge in [-0.3, -0.25) is 4.90 Å². The molecule has 8 atom stereocenters. The van der Waals surface area contributed by atoms with Gasteiger partial charge in [0.15, 0.2) is 0 Å². The molecule has 4 aliphatic rings. The highest BCUT2D eigenvalue weighted by Crippen LogP contribution is 2.67. The molecule has 0 aliphatic heterocycles. The number of fused-ring (bicyclic) bond motifs is 5. The van der Waals surface area contributed by atoms with E-state index in [1.54, 1.807) is 5.57 Å². The smallest absolute Gasteiger partial charge is 0.433 e. The molecule has 0 unspecified atom stereocenters. The van der Waals surface area contributed by atoms with Crippen LogP contribution in [0.4, 0.5) is 4.79 Å². The van der Waals surface area contributed by atoms with Crippen molar-refractivity contribution in [2.24, 2.45) is 57.8 Å². The molecule has 4 N–H and O–H groups in total. The molecule has 0 amide bonds. The number of ether oxygens (including phenoxy) is 2. The second-order valence-corrected chi connectivity index (χ2v) is 16.5. The molecule has 45 heavy (non-hydrogen) atoms. The van der Waals surface area contributed by atoms with Crippen molar-refractivity contribution in [3.8, 4) is 0 Å². The molecule has 258 valence electrons. The Labute approximate surface area is 276 Å². The SMILES string of the molecule is C=C(N)CCCCN(CCCN)CCOC(=O)O[C@H]1CC[C@@]2(C)C(=CC[C@H]3[C@@H]4CC[C@H]([C@H](C)CCCC(C)C)[C@@]4(C)CC[C@@H]32)C1. The van der Waals surface area contributed by atoms with Gasteiger partial charge in [0.05, 0.1) is 0 Å². The third-order valence-corrected chi connectivity index (χ3v) is 13.1. The summed E-state index contributed by atoms with van der Waals surface area (Å²) < 4.78 is 11.5. The van der Waals surface area contributed by atoms with E-state index in [2.05, 4.69) is 52.2 Å². The van der Waals surface area contributed by atoms with Gasteiger partial charge in [0.2, 0.25) is 0 Å². The Balaban J connectivity index is 1.26. The molecule has 0 heterocycles. The second-order valence-electron chi connectivity index (χ2n) is 16.5. The Hall–Kier alpha value is -1.53. The van der Waals surface area contributed by atoms with Crippen LogP contribution >= 0.6 is 0 Å². The van der Waals surface area contributed by atoms with Gasteiger partial charge in [-0.15, -0.1) is 0 Å². The molecular weight excluding hydrogens is 558 g/mol. The van der Waals surface area contributed by atoms with Gasteiger partial charge in [-0.1, -0.05) is 72.1 Å². The van der Waals surface area contributed by atoms with Crippen LogP contribution in [0.5, 0.6) is 0 Å². The van der Waals surface area contributed by atoms with E-state index in [4.69, 9.17) is 20.9 Å². The van der Waals surface area contributed by atoms with Crippen molar-refractivity contribution in [3.63, 3.8) is 0 Å². The van der Waals surface area contributed by atoms with Gasteiger partial charge < -0.3 is 20.9 Å². The first-order valence-electron chi connectivity index (χ1n) is 18.9. The average molecular weight is 628 g/mol. The first-order chi connectivity index (χ1) is 21.5. The number of carbonyl (C=O) groups is 1. The Kier molecular flexibility index (Phi) is 13.3. The predicted molar refractivity (Wildman–Crippen MR) is 187 cm³/mol. The maximum absolute atomic E-state index is 12.7. The molecule has 0 aromatic rings. The third kappa shape index (κ3) is 9.09. The summed E-state index contributed by atoms with van der Waals surface area (Å²) in [7, 11) is 0. The molecule has 6 heteroatoms. The summed E-state index contributed by atoms with van der Waals surface area (Å²) in [5.74, 6) is 5.04. The van der Waals surface area contributed by atoms with Crippen LogP contribution in [0.1, 0.15) is 131 Å². The van der Waals surface area contributed by atoms with Crippen molar-refractivity contribution >= 4 is 6.16 Å². The average Bonchev–Trinajstić information content (AvgIpc) is 3.35. The third-order valence-electron chi connectivity index (χ3n) is 13.1. The zero-order valence-corrected chi connectivity index (χ0v) is 29.8. The van der Waals surface area contributed by atoms with Gasteiger partial charge in [0.1, 0.15) is 12.7 Å². The maximum atomic E-state index is 12.7. The highest BCUT2D eigenvalue weighted by Gasteiger charge is 2.59. The Morgan fingerprint density at radius 3 is 2.51 bits per heavy atom. The summed E-state index contributed by atoms with van der Waals surface area (Å²) in [5, 5.41) is 0. The van der Waals surface area contributed by atoms with E-state index in [9.17, 15) is 4.79 Å². The lowest BCUT2D eigenvalue weighted by Gasteiger charge is -2.58. The summed E-state index contributed by atoms with van der Waals surface area (Å²) in [4.78, 5) is 15.1. The van der Waals surface area contributed by atoms with Crippen molar-refractivity contribution in [1.82, 2.24) is 4.90 Å². The molecule has 0 bridgehead atoms. The maximum Gasteiger partial charge on any atom is 0.508 e. The van der Waals surface area contributed by atoms with Crippen LogP contribution in [0.3, 0.4) is 0 Å². The molecule has 4 aliphatic carbocycles. The molecule has 6 nitrogen and oxygen atoms in total. The monoisotopic (exact) mass is 628 g/mol. The highest BCUT2D eigenvalue weighted by molar-refractivity contribution is 5.60. The second kappa shape index (κ2) is 16.5. The number of hydrogen-bond acceptors (Lipinski definition) is 6. The Morgan fingerprint density at radius 2 is 1.78 bits per heavy atom. The lowest BCUT2D eigenvalue weighted by molar-refractivity contribution is -0.0619. The highest BCUT2D eigenvalue weighted by atomic mass is 16.7. The molecule has 4 rings (SSSR count). The van der Waals surface area contributed by atoms with Crippen molar-refractivity contribution in [2.75, 3.05) is 32.8 Å². The van der Waals surface area contributed by atoms with Gasteiger partial charge in [0, 0.05) is 18.7 Å². The first kappa shape index (κ1) is 36.3. The minimum Gasteiger partial charge on any atom is -0.433 e. The summed E-state index contributed by atoms with van der Waals surface area (Å²) in [6.07, 6.45) is 19.8. The van der Waals surface area contributed by atoms with Crippen molar-refractivity contribution in [3.05, 3.63) is 23.9 Å². The van der Waals surface area contributed by atoms with Gasteiger partial charge in [0.25, 0.3) is 0 Å². The van der Waals surface area contributed by atoms with E-state index in [1.165, 1.54) is 51.4 Å². The number of carbonyl (C=O) groups excluding carboxylic acids is 1. The lowest BCUT2D eigenvalue weighted by Crippen LogP contribution is -2.51. The van der Waals surface area contributed by atoms with Crippen molar-refractivity contribution < 1.29 is 14.3 Å². The topological polar surface area (TPSA) is 90.8 Å². The van der Waals surface area contributed by atoms with Crippen molar-refractivity contribution in [2.45, 2.75) is 137 Å². The van der Waals surface area contributed by atoms with Gasteiger partial charge >= 0.3 is 6.16 Å². The number of rotatable bonds is 17. The van der Waals surface area contributed by atoms with Crippen molar-refractivity contribution in [1.29, 1.82) is 0 Å². The molecule has 0 spiro atoms. The standard InChI is InChI=1S/C39H69N3O3/c1-28(2)11-9-12-29(3)34-16-17-35-33-15-14-31-27-32(18-20-38(31,5)36(33)19-21-39(34,35)6)45-37(43)44-26-25-42(24-10-22-40)23-8-7-13-30(4)41/h14,28-29,32-36H,4,7-13,15-27,40-41H2,1-3,5-6H3/t29-,32+,33+,34-,35+,36+,38+,39-/m1/s1. The quantitative estimate of drug-likeness (QED) is 0.0951. The fourth-order valence-electron chi connectivity index (χ4n) is 10.5. The van der Waals surface area contributed by atoms with Crippen LogP contribution in [0.15, 0.2) is 23.9 Å². The number of nitrogens with two attached hydrogens (primary N) is 2. The molecule has 0 saturated heterocycles. The van der Waals surface area contributed by atoms with Crippen LogP contribution in [0.2, 0.25) is 0 Å². The fourth-order valence-corrected chi connectivity index (χ4v) is 10.5. The van der Waals surface area contributed by atoms with E-state index in [1.807, 2.05) is 0 Å². The molecule has 3 fully saturated rings. The van der Waals surface area contributed by atoms with Crippen LogP contribution in [0.25, 0.3) is 0 Å². The lowest BCUT2D eigenvalue weighted by atomic mass is 9.47. The van der Waals surface area contributed by atoms with Gasteiger partial charge in [-0.25, -0.2) is 4.79 Å².